The van der Waals surface area contributed by atoms with Crippen LogP contribution >= 0.6 is 0 Å². The van der Waals surface area contributed by atoms with Gasteiger partial charge >= 0.3 is 5.97 Å². The monoisotopic (exact) mass is 442 g/mol. The van der Waals surface area contributed by atoms with Crippen LogP contribution in [0, 0.1) is 5.92 Å². The van der Waals surface area contributed by atoms with Gasteiger partial charge in [0.2, 0.25) is 11.8 Å². The second kappa shape index (κ2) is 12.4. The maximum absolute atomic E-state index is 13.0. The molecule has 174 valence electrons. The minimum Gasteiger partial charge on any atom is -0.456 e. The molecular formula is C25H34N2O5. The van der Waals surface area contributed by atoms with Crippen LogP contribution in [-0.2, 0) is 19.1 Å². The maximum Gasteiger partial charge on any atom is 0.306 e. The molecule has 3 atom stereocenters. The highest BCUT2D eigenvalue weighted by Gasteiger charge is 2.31. The minimum atomic E-state index is -0.570. The standard InChI is InChI=1S/C25H34N2O5/c28-18-21-13-9-15-27(21)23(29)16-20-12-5-2-1-3-8-14-24(30)32-22(17-26-25(20)31)19-10-6-4-7-11-19/h2,4-7,10-11,20-22,28H,1,3,8-9,12-18H2,(H,26,31)/t20-,21+,22+/m1/s1. The maximum atomic E-state index is 13.0. The summed E-state index contributed by atoms with van der Waals surface area (Å²) in [5.41, 5.74) is 0.823. The zero-order valence-corrected chi connectivity index (χ0v) is 18.6. The van der Waals surface area contributed by atoms with Crippen LogP contribution in [-0.4, -0.2) is 53.5 Å². The number of aliphatic hydroxyl groups excluding tert-OH is 1. The summed E-state index contributed by atoms with van der Waals surface area (Å²) in [7, 11) is 0. The summed E-state index contributed by atoms with van der Waals surface area (Å²) < 4.78 is 5.68. The van der Waals surface area contributed by atoms with E-state index >= 15 is 0 Å². The molecule has 0 aliphatic carbocycles. The lowest BCUT2D eigenvalue weighted by Gasteiger charge is -2.26. The summed E-state index contributed by atoms with van der Waals surface area (Å²) in [5, 5.41) is 12.4. The molecule has 0 radical (unpaired) electrons. The number of nitrogens with one attached hydrogen (secondary N) is 1. The average molecular weight is 443 g/mol. The molecule has 1 aromatic carbocycles. The van der Waals surface area contributed by atoms with Gasteiger partial charge in [-0.1, -0.05) is 42.5 Å². The summed E-state index contributed by atoms with van der Waals surface area (Å²) in [6.07, 6.45) is 8.43. The molecule has 1 fully saturated rings. The lowest BCUT2D eigenvalue weighted by molar-refractivity contribution is -0.150. The van der Waals surface area contributed by atoms with E-state index < -0.39 is 12.0 Å². The van der Waals surface area contributed by atoms with Crippen molar-refractivity contribution in [2.24, 2.45) is 5.92 Å². The molecule has 2 amide bonds. The molecule has 0 aromatic heterocycles. The van der Waals surface area contributed by atoms with Crippen LogP contribution < -0.4 is 5.32 Å². The highest BCUT2D eigenvalue weighted by molar-refractivity contribution is 5.86. The van der Waals surface area contributed by atoms with Crippen molar-refractivity contribution in [1.29, 1.82) is 0 Å². The Labute approximate surface area is 189 Å². The molecule has 2 heterocycles. The zero-order chi connectivity index (χ0) is 22.8. The van der Waals surface area contributed by atoms with E-state index in [-0.39, 0.29) is 43.4 Å². The minimum absolute atomic E-state index is 0.0490. The number of aliphatic hydroxyl groups is 1. The second-order valence-electron chi connectivity index (χ2n) is 8.55. The number of likely N-dealkylation sites (tertiary alicyclic amines) is 1. The van der Waals surface area contributed by atoms with Gasteiger partial charge in [0.05, 0.1) is 25.1 Å². The van der Waals surface area contributed by atoms with E-state index in [4.69, 9.17) is 4.74 Å². The number of carbonyl (C=O) groups excluding carboxylic acids is 3. The third-order valence-corrected chi connectivity index (χ3v) is 6.20. The Bertz CT molecular complexity index is 795. The van der Waals surface area contributed by atoms with E-state index in [2.05, 4.69) is 5.32 Å². The molecule has 1 saturated heterocycles. The Morgan fingerprint density at radius 2 is 1.94 bits per heavy atom. The number of rotatable bonds is 4. The van der Waals surface area contributed by atoms with Gasteiger partial charge in [0.15, 0.2) is 0 Å². The molecule has 0 bridgehead atoms. The summed E-state index contributed by atoms with van der Waals surface area (Å²) in [4.78, 5) is 39.9. The molecule has 3 rings (SSSR count). The first-order valence-electron chi connectivity index (χ1n) is 11.7. The van der Waals surface area contributed by atoms with E-state index in [1.807, 2.05) is 42.5 Å². The van der Waals surface area contributed by atoms with E-state index in [1.165, 1.54) is 0 Å². The first-order valence-corrected chi connectivity index (χ1v) is 11.7. The molecule has 0 saturated carbocycles. The van der Waals surface area contributed by atoms with Gasteiger partial charge in [-0.25, -0.2) is 0 Å². The zero-order valence-electron chi connectivity index (χ0n) is 18.6. The van der Waals surface area contributed by atoms with Crippen LogP contribution in [0.15, 0.2) is 42.5 Å². The van der Waals surface area contributed by atoms with Crippen LogP contribution in [0.2, 0.25) is 0 Å². The van der Waals surface area contributed by atoms with Crippen molar-refractivity contribution >= 4 is 17.8 Å². The fourth-order valence-corrected chi connectivity index (χ4v) is 4.33. The number of amides is 2. The summed E-state index contributed by atoms with van der Waals surface area (Å²) in [6.45, 7) is 0.735. The van der Waals surface area contributed by atoms with E-state index in [1.54, 1.807) is 4.90 Å². The Morgan fingerprint density at radius 1 is 1.12 bits per heavy atom. The lowest BCUT2D eigenvalue weighted by atomic mass is 9.98. The number of allylic oxidation sites excluding steroid dienone is 2. The molecule has 32 heavy (non-hydrogen) atoms. The number of nitrogens with zero attached hydrogens (tertiary/aromatic N) is 1. The smallest absolute Gasteiger partial charge is 0.306 e. The molecule has 7 heteroatoms. The van der Waals surface area contributed by atoms with Crippen molar-refractivity contribution in [3.05, 3.63) is 48.0 Å². The quantitative estimate of drug-likeness (QED) is 0.552. The molecule has 0 unspecified atom stereocenters. The summed E-state index contributed by atoms with van der Waals surface area (Å²) in [6, 6.07) is 9.23. The van der Waals surface area contributed by atoms with Crippen molar-refractivity contribution in [2.75, 3.05) is 19.7 Å². The Hall–Kier alpha value is -2.67. The van der Waals surface area contributed by atoms with Crippen molar-refractivity contribution in [3.8, 4) is 0 Å². The third kappa shape index (κ3) is 6.92. The largest absolute Gasteiger partial charge is 0.456 e. The number of benzene rings is 1. The fourth-order valence-electron chi connectivity index (χ4n) is 4.33. The predicted molar refractivity (Wildman–Crippen MR) is 120 cm³/mol. The Balaban J connectivity index is 1.71. The van der Waals surface area contributed by atoms with Crippen LogP contribution in [0.4, 0.5) is 0 Å². The number of cyclic esters (lactones) is 1. The van der Waals surface area contributed by atoms with Crippen LogP contribution in [0.3, 0.4) is 0 Å². The van der Waals surface area contributed by atoms with Crippen LogP contribution in [0.5, 0.6) is 0 Å². The van der Waals surface area contributed by atoms with Gasteiger partial charge < -0.3 is 20.1 Å². The normalized spacial score (nSPS) is 25.7. The molecule has 0 spiro atoms. The van der Waals surface area contributed by atoms with Crippen molar-refractivity contribution in [3.63, 3.8) is 0 Å². The third-order valence-electron chi connectivity index (χ3n) is 6.20. The topological polar surface area (TPSA) is 95.9 Å². The van der Waals surface area contributed by atoms with Gasteiger partial charge in [0, 0.05) is 19.4 Å². The van der Waals surface area contributed by atoms with Gasteiger partial charge in [0.1, 0.15) is 6.10 Å². The highest BCUT2D eigenvalue weighted by Crippen LogP contribution is 2.22. The van der Waals surface area contributed by atoms with Gasteiger partial charge in [-0.3, -0.25) is 14.4 Å². The number of ether oxygens (including phenoxy) is 1. The second-order valence-corrected chi connectivity index (χ2v) is 8.55. The number of esters is 1. The molecular weight excluding hydrogens is 408 g/mol. The van der Waals surface area contributed by atoms with Gasteiger partial charge in [-0.2, -0.15) is 0 Å². The Kier molecular flexibility index (Phi) is 9.28. The number of hydrogen-bond acceptors (Lipinski definition) is 5. The van der Waals surface area contributed by atoms with E-state index in [9.17, 15) is 19.5 Å². The van der Waals surface area contributed by atoms with Crippen molar-refractivity contribution < 1.29 is 24.2 Å². The highest BCUT2D eigenvalue weighted by atomic mass is 16.5. The van der Waals surface area contributed by atoms with E-state index in [0.717, 1.165) is 37.7 Å². The van der Waals surface area contributed by atoms with E-state index in [0.29, 0.717) is 19.4 Å². The van der Waals surface area contributed by atoms with Gasteiger partial charge in [-0.15, -0.1) is 0 Å². The molecule has 1 aromatic rings. The average Bonchev–Trinajstić information content (AvgIpc) is 3.29. The molecule has 2 N–H and O–H groups in total. The number of hydrogen-bond donors (Lipinski definition) is 2. The Morgan fingerprint density at radius 3 is 2.72 bits per heavy atom. The van der Waals surface area contributed by atoms with Crippen molar-refractivity contribution in [2.45, 2.75) is 63.5 Å². The predicted octanol–water partition coefficient (Wildman–Crippen LogP) is 2.90. The molecule has 2 aliphatic rings. The van der Waals surface area contributed by atoms with Gasteiger partial charge in [-0.05, 0) is 44.1 Å². The summed E-state index contributed by atoms with van der Waals surface area (Å²) >= 11 is 0. The van der Waals surface area contributed by atoms with Crippen LogP contribution in [0.25, 0.3) is 0 Å². The summed E-state index contributed by atoms with van der Waals surface area (Å²) in [5.74, 6) is -1.10. The fraction of sp³-hybridized carbons (Fsp3) is 0.560. The van der Waals surface area contributed by atoms with Gasteiger partial charge in [0.25, 0.3) is 0 Å². The van der Waals surface area contributed by atoms with Crippen molar-refractivity contribution in [1.82, 2.24) is 10.2 Å². The molecule has 7 nitrogen and oxygen atoms in total. The first-order chi connectivity index (χ1) is 15.6. The van der Waals surface area contributed by atoms with Crippen LogP contribution in [0.1, 0.15) is 63.0 Å². The lowest BCUT2D eigenvalue weighted by Crippen LogP contribution is -2.41. The number of carbonyl (C=O) groups is 3. The molecule has 2 aliphatic heterocycles. The SMILES string of the molecule is O=C1CCCCC=CC[C@H](CC(=O)N2CCC[C@H]2CO)C(=O)NC[C@@H](c2ccccc2)O1. The first kappa shape index (κ1) is 24.0.